The lowest BCUT2D eigenvalue weighted by Gasteiger charge is -2.30. The molecule has 1 saturated carbocycles. The van der Waals surface area contributed by atoms with Crippen molar-refractivity contribution in [3.05, 3.63) is 35.6 Å². The molecule has 0 aliphatic heterocycles. The molecule has 1 aromatic heterocycles. The van der Waals surface area contributed by atoms with Gasteiger partial charge in [0.2, 0.25) is 5.91 Å². The Kier molecular flexibility index (Phi) is 3.96. The standard InChI is InChI=1S/C18H23NO3/c1-12-5-6-14-13(10-22-15(14)8-12)9-17(21)19-16-4-3-7-18(16,2)11-20/h5-6,8,10,16,20H,3-4,7,9,11H2,1-2H3,(H,19,21). The molecule has 0 spiro atoms. The van der Waals surface area contributed by atoms with Crippen LogP contribution in [0, 0.1) is 12.3 Å². The average Bonchev–Trinajstić information content (AvgIpc) is 3.04. The van der Waals surface area contributed by atoms with Crippen LogP contribution < -0.4 is 5.32 Å². The highest BCUT2D eigenvalue weighted by molar-refractivity contribution is 5.88. The van der Waals surface area contributed by atoms with E-state index in [-0.39, 0.29) is 24.0 Å². The molecule has 0 radical (unpaired) electrons. The number of fused-ring (bicyclic) bond motifs is 1. The maximum atomic E-state index is 12.3. The van der Waals surface area contributed by atoms with Gasteiger partial charge in [-0.2, -0.15) is 0 Å². The average molecular weight is 301 g/mol. The van der Waals surface area contributed by atoms with Crippen molar-refractivity contribution in [1.82, 2.24) is 5.32 Å². The highest BCUT2D eigenvalue weighted by atomic mass is 16.3. The van der Waals surface area contributed by atoms with Crippen LogP contribution in [0.2, 0.25) is 0 Å². The number of carbonyl (C=O) groups excluding carboxylic acids is 1. The third-order valence-electron chi connectivity index (χ3n) is 4.94. The summed E-state index contributed by atoms with van der Waals surface area (Å²) in [5.41, 5.74) is 2.69. The van der Waals surface area contributed by atoms with E-state index in [1.165, 1.54) is 0 Å². The summed E-state index contributed by atoms with van der Waals surface area (Å²) in [6.07, 6.45) is 4.93. The van der Waals surface area contributed by atoms with E-state index in [9.17, 15) is 9.90 Å². The van der Waals surface area contributed by atoms with Crippen molar-refractivity contribution in [2.45, 2.75) is 45.6 Å². The molecule has 0 bridgehead atoms. The second-order valence-corrected chi connectivity index (χ2v) is 6.76. The summed E-state index contributed by atoms with van der Waals surface area (Å²) in [4.78, 5) is 12.3. The Hall–Kier alpha value is -1.81. The lowest BCUT2D eigenvalue weighted by molar-refractivity contribution is -0.122. The number of furan rings is 1. The van der Waals surface area contributed by atoms with Gasteiger partial charge in [-0.15, -0.1) is 0 Å². The van der Waals surface area contributed by atoms with Crippen LogP contribution in [-0.4, -0.2) is 23.7 Å². The van der Waals surface area contributed by atoms with Gasteiger partial charge in [0, 0.05) is 22.4 Å². The molecule has 2 unspecified atom stereocenters. The molecule has 1 fully saturated rings. The smallest absolute Gasteiger partial charge is 0.224 e. The zero-order chi connectivity index (χ0) is 15.7. The Balaban J connectivity index is 1.71. The number of hydrogen-bond acceptors (Lipinski definition) is 3. The van der Waals surface area contributed by atoms with Crippen molar-refractivity contribution in [1.29, 1.82) is 0 Å². The number of aliphatic hydroxyl groups is 1. The van der Waals surface area contributed by atoms with Gasteiger partial charge in [-0.1, -0.05) is 25.5 Å². The van der Waals surface area contributed by atoms with Crippen LogP contribution in [0.15, 0.2) is 28.9 Å². The molecule has 22 heavy (non-hydrogen) atoms. The Labute approximate surface area is 130 Å². The summed E-state index contributed by atoms with van der Waals surface area (Å²) in [6.45, 7) is 4.18. The minimum atomic E-state index is -0.189. The first-order valence-electron chi connectivity index (χ1n) is 7.89. The van der Waals surface area contributed by atoms with Gasteiger partial charge in [-0.25, -0.2) is 0 Å². The lowest BCUT2D eigenvalue weighted by atomic mass is 9.85. The van der Waals surface area contributed by atoms with Crippen LogP contribution in [0.25, 0.3) is 11.0 Å². The first-order chi connectivity index (χ1) is 10.5. The van der Waals surface area contributed by atoms with E-state index < -0.39 is 0 Å². The predicted octanol–water partition coefficient (Wildman–Crippen LogP) is 2.95. The van der Waals surface area contributed by atoms with Crippen LogP contribution in [0.3, 0.4) is 0 Å². The largest absolute Gasteiger partial charge is 0.464 e. The molecule has 4 heteroatoms. The molecular weight excluding hydrogens is 278 g/mol. The molecular formula is C18H23NO3. The second kappa shape index (κ2) is 5.76. The monoisotopic (exact) mass is 301 g/mol. The fraction of sp³-hybridized carbons (Fsp3) is 0.500. The quantitative estimate of drug-likeness (QED) is 0.912. The summed E-state index contributed by atoms with van der Waals surface area (Å²) in [5.74, 6) is -0.00477. The molecule has 1 aliphatic rings. The predicted molar refractivity (Wildman–Crippen MR) is 85.6 cm³/mol. The molecule has 4 nitrogen and oxygen atoms in total. The molecule has 118 valence electrons. The molecule has 2 N–H and O–H groups in total. The minimum Gasteiger partial charge on any atom is -0.464 e. The summed E-state index contributed by atoms with van der Waals surface area (Å²) in [7, 11) is 0. The van der Waals surface area contributed by atoms with Crippen LogP contribution in [0.4, 0.5) is 0 Å². The van der Waals surface area contributed by atoms with Crippen LogP contribution >= 0.6 is 0 Å². The van der Waals surface area contributed by atoms with E-state index in [0.29, 0.717) is 6.42 Å². The number of aliphatic hydroxyl groups excluding tert-OH is 1. The fourth-order valence-electron chi connectivity index (χ4n) is 3.41. The van der Waals surface area contributed by atoms with E-state index in [4.69, 9.17) is 4.42 Å². The lowest BCUT2D eigenvalue weighted by Crippen LogP contribution is -2.45. The maximum Gasteiger partial charge on any atom is 0.224 e. The van der Waals surface area contributed by atoms with Gasteiger partial charge in [0.1, 0.15) is 5.58 Å². The summed E-state index contributed by atoms with van der Waals surface area (Å²) < 4.78 is 5.54. The Morgan fingerprint density at radius 3 is 3.09 bits per heavy atom. The highest BCUT2D eigenvalue weighted by Gasteiger charge is 2.39. The number of benzene rings is 1. The molecule has 2 aromatic rings. The number of aryl methyl sites for hydroxylation is 1. The summed E-state index contributed by atoms with van der Waals surface area (Å²) in [6, 6.07) is 6.07. The van der Waals surface area contributed by atoms with Crippen molar-refractivity contribution in [2.75, 3.05) is 6.61 Å². The van der Waals surface area contributed by atoms with Crippen molar-refractivity contribution >= 4 is 16.9 Å². The SMILES string of the molecule is Cc1ccc2c(CC(=O)NC3CCCC3(C)CO)coc2c1. The maximum absolute atomic E-state index is 12.3. The molecule has 1 aliphatic carbocycles. The van der Waals surface area contributed by atoms with Gasteiger partial charge in [-0.05, 0) is 31.4 Å². The number of nitrogens with one attached hydrogen (secondary N) is 1. The normalized spacial score (nSPS) is 24.8. The molecule has 1 heterocycles. The first-order valence-corrected chi connectivity index (χ1v) is 7.89. The van der Waals surface area contributed by atoms with E-state index in [1.54, 1.807) is 6.26 Å². The minimum absolute atomic E-state index is 0.00477. The van der Waals surface area contributed by atoms with Gasteiger partial charge in [0.05, 0.1) is 19.3 Å². The van der Waals surface area contributed by atoms with Crippen molar-refractivity contribution < 1.29 is 14.3 Å². The Morgan fingerprint density at radius 1 is 1.50 bits per heavy atom. The molecule has 1 aromatic carbocycles. The number of rotatable bonds is 4. The zero-order valence-electron chi connectivity index (χ0n) is 13.2. The van der Waals surface area contributed by atoms with Gasteiger partial charge in [0.25, 0.3) is 0 Å². The van der Waals surface area contributed by atoms with Gasteiger partial charge >= 0.3 is 0 Å². The van der Waals surface area contributed by atoms with Gasteiger partial charge in [0.15, 0.2) is 0 Å². The van der Waals surface area contributed by atoms with Crippen molar-refractivity contribution in [3.63, 3.8) is 0 Å². The number of carbonyl (C=O) groups is 1. The molecule has 0 saturated heterocycles. The fourth-order valence-corrected chi connectivity index (χ4v) is 3.41. The van der Waals surface area contributed by atoms with Crippen LogP contribution in [-0.2, 0) is 11.2 Å². The summed E-state index contributed by atoms with van der Waals surface area (Å²) >= 11 is 0. The first kappa shape index (κ1) is 15.1. The van der Waals surface area contributed by atoms with E-state index in [0.717, 1.165) is 41.4 Å². The van der Waals surface area contributed by atoms with E-state index >= 15 is 0 Å². The zero-order valence-corrected chi connectivity index (χ0v) is 13.2. The third-order valence-corrected chi connectivity index (χ3v) is 4.94. The second-order valence-electron chi connectivity index (χ2n) is 6.76. The Morgan fingerprint density at radius 2 is 2.32 bits per heavy atom. The Bertz CT molecular complexity index is 691. The molecule has 2 atom stereocenters. The topological polar surface area (TPSA) is 62.5 Å². The third kappa shape index (κ3) is 2.75. The highest BCUT2D eigenvalue weighted by Crippen LogP contribution is 2.37. The van der Waals surface area contributed by atoms with Crippen molar-refractivity contribution in [3.8, 4) is 0 Å². The van der Waals surface area contributed by atoms with Crippen molar-refractivity contribution in [2.24, 2.45) is 5.41 Å². The molecule has 3 rings (SSSR count). The van der Waals surface area contributed by atoms with Gasteiger partial charge in [-0.3, -0.25) is 4.79 Å². The van der Waals surface area contributed by atoms with E-state index in [2.05, 4.69) is 5.32 Å². The number of hydrogen-bond donors (Lipinski definition) is 2. The summed E-state index contributed by atoms with van der Waals surface area (Å²) in [5, 5.41) is 13.7. The number of amides is 1. The van der Waals surface area contributed by atoms with Crippen LogP contribution in [0.5, 0.6) is 0 Å². The molecule has 1 amide bonds. The van der Waals surface area contributed by atoms with E-state index in [1.807, 2.05) is 32.0 Å². The van der Waals surface area contributed by atoms with Gasteiger partial charge < -0.3 is 14.8 Å². The van der Waals surface area contributed by atoms with Crippen LogP contribution in [0.1, 0.15) is 37.3 Å².